The summed E-state index contributed by atoms with van der Waals surface area (Å²) in [4.78, 5) is 13.5. The predicted molar refractivity (Wildman–Crippen MR) is 85.0 cm³/mol. The average molecular weight is 299 g/mol. The van der Waals surface area contributed by atoms with Crippen molar-refractivity contribution in [2.45, 2.75) is 19.3 Å². The van der Waals surface area contributed by atoms with E-state index in [-0.39, 0.29) is 5.69 Å². The Balaban J connectivity index is 1.69. The first-order valence-corrected chi connectivity index (χ1v) is 7.72. The van der Waals surface area contributed by atoms with E-state index in [1.165, 1.54) is 31.5 Å². The number of carbonyl (C=O) groups is 1. The van der Waals surface area contributed by atoms with Crippen molar-refractivity contribution in [3.8, 4) is 11.3 Å². The van der Waals surface area contributed by atoms with Gasteiger partial charge in [-0.2, -0.15) is 5.10 Å². The molecule has 1 fully saturated rings. The zero-order valence-electron chi connectivity index (χ0n) is 12.8. The molecule has 1 aromatic carbocycles. The SMILES string of the molecule is Cn1nc(C(=O)O)cc1-c1ccc(CCN2CCCC2)cc1. The Hall–Kier alpha value is -2.14. The lowest BCUT2D eigenvalue weighted by atomic mass is 10.1. The Morgan fingerprint density at radius 3 is 2.50 bits per heavy atom. The highest BCUT2D eigenvalue weighted by Gasteiger charge is 2.13. The zero-order valence-corrected chi connectivity index (χ0v) is 12.8. The van der Waals surface area contributed by atoms with Gasteiger partial charge in [-0.3, -0.25) is 4.68 Å². The van der Waals surface area contributed by atoms with Crippen LogP contribution in [0, 0.1) is 0 Å². The molecule has 0 radical (unpaired) electrons. The van der Waals surface area contributed by atoms with E-state index in [9.17, 15) is 4.79 Å². The fourth-order valence-electron chi connectivity index (χ4n) is 2.98. The van der Waals surface area contributed by atoms with E-state index >= 15 is 0 Å². The average Bonchev–Trinajstić information content (AvgIpc) is 3.15. The molecule has 3 rings (SSSR count). The maximum atomic E-state index is 11.0. The number of likely N-dealkylation sites (tertiary alicyclic amines) is 1. The quantitative estimate of drug-likeness (QED) is 0.921. The van der Waals surface area contributed by atoms with Gasteiger partial charge in [0.1, 0.15) is 0 Å². The molecule has 1 aromatic heterocycles. The minimum atomic E-state index is -0.996. The molecule has 0 saturated carbocycles. The molecule has 116 valence electrons. The van der Waals surface area contributed by atoms with E-state index in [1.54, 1.807) is 17.8 Å². The van der Waals surface area contributed by atoms with Gasteiger partial charge < -0.3 is 10.0 Å². The van der Waals surface area contributed by atoms with Crippen LogP contribution in [0.4, 0.5) is 0 Å². The van der Waals surface area contributed by atoms with Crippen molar-refractivity contribution in [3.63, 3.8) is 0 Å². The third-order valence-corrected chi connectivity index (χ3v) is 4.26. The third kappa shape index (κ3) is 3.20. The highest BCUT2D eigenvalue weighted by molar-refractivity contribution is 5.87. The first-order valence-electron chi connectivity index (χ1n) is 7.72. The van der Waals surface area contributed by atoms with E-state index in [0.717, 1.165) is 24.2 Å². The van der Waals surface area contributed by atoms with Crippen LogP contribution < -0.4 is 0 Å². The summed E-state index contributed by atoms with van der Waals surface area (Å²) in [7, 11) is 1.77. The highest BCUT2D eigenvalue weighted by Crippen LogP contribution is 2.21. The number of aryl methyl sites for hydroxylation is 1. The lowest BCUT2D eigenvalue weighted by molar-refractivity contribution is 0.0689. The fourth-order valence-corrected chi connectivity index (χ4v) is 2.98. The summed E-state index contributed by atoms with van der Waals surface area (Å²) in [5.74, 6) is -0.996. The van der Waals surface area contributed by atoms with Gasteiger partial charge >= 0.3 is 5.97 Å². The molecular formula is C17H21N3O2. The topological polar surface area (TPSA) is 58.4 Å². The minimum Gasteiger partial charge on any atom is -0.476 e. The molecule has 1 saturated heterocycles. The van der Waals surface area contributed by atoms with Gasteiger partial charge in [-0.25, -0.2) is 4.79 Å². The van der Waals surface area contributed by atoms with E-state index in [1.807, 2.05) is 12.1 Å². The normalized spacial score (nSPS) is 15.3. The standard InChI is InChI=1S/C17H21N3O2/c1-19-16(12-15(18-19)17(21)22)14-6-4-13(5-7-14)8-11-20-9-2-3-10-20/h4-7,12H,2-3,8-11H2,1H3,(H,21,22). The van der Waals surface area contributed by atoms with Crippen molar-refractivity contribution in [2.75, 3.05) is 19.6 Å². The maximum absolute atomic E-state index is 11.0. The molecule has 5 heteroatoms. The minimum absolute atomic E-state index is 0.0793. The molecule has 1 aliphatic rings. The van der Waals surface area contributed by atoms with Crippen LogP contribution in [-0.2, 0) is 13.5 Å². The number of rotatable bonds is 5. The first kappa shape index (κ1) is 14.8. The largest absolute Gasteiger partial charge is 0.476 e. The van der Waals surface area contributed by atoms with Gasteiger partial charge in [-0.15, -0.1) is 0 Å². The monoisotopic (exact) mass is 299 g/mol. The number of aromatic carboxylic acids is 1. The Morgan fingerprint density at radius 2 is 1.91 bits per heavy atom. The van der Waals surface area contributed by atoms with Crippen LogP contribution in [0.25, 0.3) is 11.3 Å². The number of benzene rings is 1. The smallest absolute Gasteiger partial charge is 0.356 e. The summed E-state index contributed by atoms with van der Waals surface area (Å²) in [6.07, 6.45) is 3.71. The molecule has 2 heterocycles. The lowest BCUT2D eigenvalue weighted by Crippen LogP contribution is -2.21. The molecule has 0 spiro atoms. The van der Waals surface area contributed by atoms with Crippen molar-refractivity contribution in [3.05, 3.63) is 41.6 Å². The van der Waals surface area contributed by atoms with Gasteiger partial charge in [0.15, 0.2) is 5.69 Å². The number of carboxylic acids is 1. The Morgan fingerprint density at radius 1 is 1.23 bits per heavy atom. The molecule has 0 aliphatic carbocycles. The molecule has 0 unspecified atom stereocenters. The summed E-state index contributed by atoms with van der Waals surface area (Å²) < 4.78 is 1.61. The number of carboxylic acid groups (broad SMARTS) is 1. The van der Waals surface area contributed by atoms with Gasteiger partial charge in [0.25, 0.3) is 0 Å². The van der Waals surface area contributed by atoms with Crippen molar-refractivity contribution in [2.24, 2.45) is 7.05 Å². The summed E-state index contributed by atoms with van der Waals surface area (Å²) in [5.41, 5.74) is 3.21. The van der Waals surface area contributed by atoms with Crippen molar-refractivity contribution >= 4 is 5.97 Å². The second-order valence-electron chi connectivity index (χ2n) is 5.84. The molecule has 1 aliphatic heterocycles. The molecule has 22 heavy (non-hydrogen) atoms. The first-order chi connectivity index (χ1) is 10.6. The fraction of sp³-hybridized carbons (Fsp3) is 0.412. The van der Waals surface area contributed by atoms with Gasteiger partial charge in [0, 0.05) is 13.6 Å². The van der Waals surface area contributed by atoms with Gasteiger partial charge in [0.05, 0.1) is 5.69 Å². The molecule has 0 amide bonds. The van der Waals surface area contributed by atoms with Crippen LogP contribution in [-0.4, -0.2) is 45.4 Å². The maximum Gasteiger partial charge on any atom is 0.356 e. The van der Waals surface area contributed by atoms with Crippen molar-refractivity contribution in [1.29, 1.82) is 0 Å². The molecule has 0 bridgehead atoms. The van der Waals surface area contributed by atoms with Gasteiger partial charge in [-0.1, -0.05) is 24.3 Å². The van der Waals surface area contributed by atoms with Crippen molar-refractivity contribution in [1.82, 2.24) is 14.7 Å². The van der Waals surface area contributed by atoms with E-state index in [4.69, 9.17) is 5.11 Å². The molecule has 0 atom stereocenters. The van der Waals surface area contributed by atoms with Crippen LogP contribution in [0.3, 0.4) is 0 Å². The van der Waals surface area contributed by atoms with E-state index in [0.29, 0.717) is 0 Å². The number of aromatic nitrogens is 2. The van der Waals surface area contributed by atoms with E-state index in [2.05, 4.69) is 22.1 Å². The summed E-state index contributed by atoms with van der Waals surface area (Å²) in [6, 6.07) is 9.95. The van der Waals surface area contributed by atoms with Gasteiger partial charge in [-0.05, 0) is 49.5 Å². The van der Waals surface area contributed by atoms with Crippen LogP contribution in [0.2, 0.25) is 0 Å². The Bertz CT molecular complexity index is 655. The van der Waals surface area contributed by atoms with Crippen LogP contribution in [0.15, 0.2) is 30.3 Å². The predicted octanol–water partition coefficient (Wildman–Crippen LogP) is 2.42. The summed E-state index contributed by atoms with van der Waals surface area (Å²) in [5, 5.41) is 13.0. The number of hydrogen-bond donors (Lipinski definition) is 1. The third-order valence-electron chi connectivity index (χ3n) is 4.26. The highest BCUT2D eigenvalue weighted by atomic mass is 16.4. The second-order valence-corrected chi connectivity index (χ2v) is 5.84. The van der Waals surface area contributed by atoms with Crippen LogP contribution in [0.5, 0.6) is 0 Å². The van der Waals surface area contributed by atoms with Gasteiger partial charge in [0.2, 0.25) is 0 Å². The number of nitrogens with zero attached hydrogens (tertiary/aromatic N) is 3. The molecule has 2 aromatic rings. The van der Waals surface area contributed by atoms with Crippen LogP contribution >= 0.6 is 0 Å². The summed E-state index contributed by atoms with van der Waals surface area (Å²) >= 11 is 0. The zero-order chi connectivity index (χ0) is 15.5. The molecule has 1 N–H and O–H groups in total. The lowest BCUT2D eigenvalue weighted by Gasteiger charge is -2.14. The molecule has 5 nitrogen and oxygen atoms in total. The Kier molecular flexibility index (Phi) is 4.24. The van der Waals surface area contributed by atoms with Crippen LogP contribution in [0.1, 0.15) is 28.9 Å². The van der Waals surface area contributed by atoms with E-state index < -0.39 is 5.97 Å². The Labute approximate surface area is 130 Å². The summed E-state index contributed by atoms with van der Waals surface area (Å²) in [6.45, 7) is 3.57. The number of hydrogen-bond acceptors (Lipinski definition) is 3. The molecular weight excluding hydrogens is 278 g/mol. The second kappa shape index (κ2) is 6.32. The van der Waals surface area contributed by atoms with Crippen molar-refractivity contribution < 1.29 is 9.90 Å².